The highest BCUT2D eigenvalue weighted by atomic mass is 32.2. The van der Waals surface area contributed by atoms with Gasteiger partial charge in [-0.3, -0.25) is 13.9 Å². The molecule has 1 aromatic carbocycles. The molecule has 4 heterocycles. The summed E-state index contributed by atoms with van der Waals surface area (Å²) in [4.78, 5) is 16.3. The number of alkyl halides is 6. The number of aromatic nitrogens is 4. The molecule has 0 fully saturated rings. The molecule has 0 unspecified atom stereocenters. The molecule has 39 heavy (non-hydrogen) atoms. The van der Waals surface area contributed by atoms with Crippen LogP contribution in [0, 0.1) is 0 Å². The van der Waals surface area contributed by atoms with Crippen LogP contribution in [0.2, 0.25) is 0 Å². The summed E-state index contributed by atoms with van der Waals surface area (Å²) in [5, 5.41) is 6.79. The maximum atomic E-state index is 13.5. The van der Waals surface area contributed by atoms with E-state index in [0.717, 1.165) is 4.40 Å². The Hall–Kier alpha value is -3.92. The predicted octanol–water partition coefficient (Wildman–Crippen LogP) is 3.81. The molecule has 0 saturated carbocycles. The fraction of sp³-hybridized carbons (Fsp3) is 0.261. The lowest BCUT2D eigenvalue weighted by Crippen LogP contribution is -2.44. The van der Waals surface area contributed by atoms with Crippen LogP contribution >= 0.6 is 0 Å². The molecule has 206 valence electrons. The van der Waals surface area contributed by atoms with E-state index in [1.165, 1.54) is 35.1 Å². The number of rotatable bonds is 5. The van der Waals surface area contributed by atoms with Gasteiger partial charge >= 0.3 is 21.7 Å². The number of nitrogens with one attached hydrogen (secondary N) is 1. The molecule has 4 aromatic rings. The summed E-state index contributed by atoms with van der Waals surface area (Å²) in [5.74, 6) is -0.967. The third-order valence-corrected chi connectivity index (χ3v) is 7.69. The fourth-order valence-electron chi connectivity index (χ4n) is 4.20. The summed E-state index contributed by atoms with van der Waals surface area (Å²) in [6.07, 6.45) is -3.53. The van der Waals surface area contributed by atoms with Crippen LogP contribution in [-0.4, -0.2) is 49.8 Å². The molecule has 1 aliphatic rings. The smallest absolute Gasteiger partial charge is 0.347 e. The molecule has 0 radical (unpaired) electrons. The van der Waals surface area contributed by atoms with E-state index in [2.05, 4.69) is 15.4 Å². The maximum Gasteiger partial charge on any atom is 0.511 e. The third kappa shape index (κ3) is 4.96. The van der Waals surface area contributed by atoms with Gasteiger partial charge in [-0.2, -0.15) is 35.7 Å². The van der Waals surface area contributed by atoms with E-state index in [1.54, 1.807) is 24.3 Å². The summed E-state index contributed by atoms with van der Waals surface area (Å²) >= 11 is 0. The lowest BCUT2D eigenvalue weighted by atomic mass is 10.1. The van der Waals surface area contributed by atoms with E-state index < -0.39 is 45.5 Å². The highest BCUT2D eigenvalue weighted by Gasteiger charge is 2.50. The Morgan fingerprint density at radius 1 is 1.00 bits per heavy atom. The van der Waals surface area contributed by atoms with Gasteiger partial charge in [-0.05, 0) is 23.8 Å². The molecule has 0 bridgehead atoms. The van der Waals surface area contributed by atoms with Crippen molar-refractivity contribution in [3.05, 3.63) is 77.4 Å². The second-order valence-corrected chi connectivity index (χ2v) is 10.6. The molecule has 16 heteroatoms. The highest BCUT2D eigenvalue weighted by Crippen LogP contribution is 2.33. The highest BCUT2D eigenvalue weighted by molar-refractivity contribution is 7.89. The second-order valence-electron chi connectivity index (χ2n) is 8.64. The minimum absolute atomic E-state index is 0.0266. The third-order valence-electron chi connectivity index (χ3n) is 6.11. The number of hydrogen-bond donors (Lipinski definition) is 1. The van der Waals surface area contributed by atoms with E-state index in [9.17, 15) is 39.6 Å². The van der Waals surface area contributed by atoms with E-state index in [-0.39, 0.29) is 31.0 Å². The Morgan fingerprint density at radius 2 is 1.72 bits per heavy atom. The number of carbonyl (C=O) groups excluding carboxylic acids is 1. The number of hydrogen-bond acceptors (Lipinski definition) is 5. The van der Waals surface area contributed by atoms with Crippen LogP contribution in [0.3, 0.4) is 0 Å². The number of fused-ring (bicyclic) bond motifs is 2. The lowest BCUT2D eigenvalue weighted by Gasteiger charge is -2.27. The fourth-order valence-corrected chi connectivity index (χ4v) is 5.12. The summed E-state index contributed by atoms with van der Waals surface area (Å²) in [6.45, 7) is -1.02. The van der Waals surface area contributed by atoms with E-state index in [1.807, 2.05) is 0 Å². The van der Waals surface area contributed by atoms with Gasteiger partial charge in [-0.15, -0.1) is 0 Å². The van der Waals surface area contributed by atoms with E-state index >= 15 is 0 Å². The zero-order valence-corrected chi connectivity index (χ0v) is 20.5. The van der Waals surface area contributed by atoms with Crippen LogP contribution in [0.4, 0.5) is 26.3 Å². The molecule has 0 atom stereocenters. The lowest BCUT2D eigenvalue weighted by molar-refractivity contribution is -0.141. The average Bonchev–Trinajstić information content (AvgIpc) is 3.48. The van der Waals surface area contributed by atoms with Crippen molar-refractivity contribution in [3.63, 3.8) is 0 Å². The summed E-state index contributed by atoms with van der Waals surface area (Å²) < 4.78 is 105. The van der Waals surface area contributed by atoms with Crippen LogP contribution in [-0.2, 0) is 35.8 Å². The van der Waals surface area contributed by atoms with Crippen molar-refractivity contribution in [1.29, 1.82) is 0 Å². The van der Waals surface area contributed by atoms with Gasteiger partial charge in [0.25, 0.3) is 5.91 Å². The quantitative estimate of drug-likeness (QED) is 0.367. The summed E-state index contributed by atoms with van der Waals surface area (Å²) in [7, 11) is -5.47. The van der Waals surface area contributed by atoms with Gasteiger partial charge in [0.15, 0.2) is 5.69 Å². The zero-order valence-electron chi connectivity index (χ0n) is 19.7. The van der Waals surface area contributed by atoms with Crippen LogP contribution in [0.5, 0.6) is 0 Å². The number of benzene rings is 1. The van der Waals surface area contributed by atoms with Gasteiger partial charge in [0.2, 0.25) is 0 Å². The summed E-state index contributed by atoms with van der Waals surface area (Å²) in [5.41, 5.74) is -5.56. The van der Waals surface area contributed by atoms with Crippen molar-refractivity contribution in [3.8, 4) is 11.3 Å². The van der Waals surface area contributed by atoms with Crippen molar-refractivity contribution in [1.82, 2.24) is 28.8 Å². The maximum absolute atomic E-state index is 13.5. The van der Waals surface area contributed by atoms with Crippen LogP contribution in [0.1, 0.15) is 27.4 Å². The number of amides is 1. The Labute approximate surface area is 216 Å². The second kappa shape index (κ2) is 9.37. The van der Waals surface area contributed by atoms with Crippen molar-refractivity contribution < 1.29 is 39.6 Å². The van der Waals surface area contributed by atoms with Crippen LogP contribution in [0.15, 0.2) is 54.7 Å². The standard InChI is InChI=1S/C23H18F6N6O3S/c24-22(25,26)20-19(34-8-2-1-3-18(34)31-20)21(36)30-12-14-4-6-15(7-5-14)17-11-16-13-33(9-10-35(16)32-17)39(37,38)23(27,28)29/h1-8,11H,9-10,12-13H2,(H,30,36). The van der Waals surface area contributed by atoms with Gasteiger partial charge in [-0.1, -0.05) is 30.3 Å². The van der Waals surface area contributed by atoms with Gasteiger partial charge in [0.1, 0.15) is 11.3 Å². The van der Waals surface area contributed by atoms with Crippen LogP contribution in [0.25, 0.3) is 16.9 Å². The molecular formula is C23H18F6N6O3S. The topological polar surface area (TPSA) is 102 Å². The Balaban J connectivity index is 1.29. The normalized spacial score (nSPS) is 14.9. The van der Waals surface area contributed by atoms with Gasteiger partial charge in [0.05, 0.1) is 24.5 Å². The summed E-state index contributed by atoms with van der Waals surface area (Å²) in [6, 6.07) is 12.3. The number of nitrogens with zero attached hydrogens (tertiary/aromatic N) is 5. The molecule has 1 aliphatic heterocycles. The molecule has 1 N–H and O–H groups in total. The SMILES string of the molecule is O=C(NCc1ccc(-c2cc3n(n2)CCN(S(=O)(=O)C(F)(F)F)C3)cc1)c1c(C(F)(F)F)nc2ccccn12. The molecule has 0 spiro atoms. The molecular weight excluding hydrogens is 554 g/mol. The van der Waals surface area contributed by atoms with Gasteiger partial charge in [0, 0.05) is 24.8 Å². The number of halogens is 6. The predicted molar refractivity (Wildman–Crippen MR) is 124 cm³/mol. The first kappa shape index (κ1) is 26.7. The van der Waals surface area contributed by atoms with Gasteiger partial charge < -0.3 is 5.32 Å². The van der Waals surface area contributed by atoms with Gasteiger partial charge in [-0.25, -0.2) is 13.4 Å². The van der Waals surface area contributed by atoms with Crippen molar-refractivity contribution in [2.75, 3.05) is 6.54 Å². The minimum atomic E-state index is -5.47. The van der Waals surface area contributed by atoms with Crippen LogP contribution < -0.4 is 5.32 Å². The Kier molecular flexibility index (Phi) is 6.41. The molecule has 5 rings (SSSR count). The Bertz CT molecular complexity index is 1660. The first-order chi connectivity index (χ1) is 18.3. The monoisotopic (exact) mass is 572 g/mol. The molecule has 3 aromatic heterocycles. The van der Waals surface area contributed by atoms with Crippen molar-refractivity contribution in [2.45, 2.75) is 31.3 Å². The van der Waals surface area contributed by atoms with Crippen molar-refractivity contribution in [2.24, 2.45) is 0 Å². The first-order valence-electron chi connectivity index (χ1n) is 11.3. The Morgan fingerprint density at radius 3 is 2.38 bits per heavy atom. The number of imidazole rings is 1. The molecule has 0 saturated heterocycles. The number of carbonyl (C=O) groups is 1. The first-order valence-corrected chi connectivity index (χ1v) is 12.7. The molecule has 0 aliphatic carbocycles. The molecule has 9 nitrogen and oxygen atoms in total. The molecule has 1 amide bonds. The van der Waals surface area contributed by atoms with Crippen molar-refractivity contribution >= 4 is 21.6 Å². The zero-order chi connectivity index (χ0) is 28.2. The number of pyridine rings is 1. The van der Waals surface area contributed by atoms with E-state index in [0.29, 0.717) is 21.1 Å². The largest absolute Gasteiger partial charge is 0.511 e. The van der Waals surface area contributed by atoms with E-state index in [4.69, 9.17) is 0 Å². The average molecular weight is 572 g/mol. The number of sulfonamides is 1. The minimum Gasteiger partial charge on any atom is -0.347 e.